The summed E-state index contributed by atoms with van der Waals surface area (Å²) in [6, 6.07) is 10.4. The fourth-order valence-corrected chi connectivity index (χ4v) is 2.25. The molecular weight excluding hydrogens is 210 g/mol. The van der Waals surface area contributed by atoms with Gasteiger partial charge in [0.15, 0.2) is 0 Å². The SMILES string of the molecule is CC(CCCO)Cc1cccc2cccnc12. The summed E-state index contributed by atoms with van der Waals surface area (Å²) in [5.41, 5.74) is 2.43. The number of aromatic nitrogens is 1. The first kappa shape index (κ1) is 12.1. The average Bonchev–Trinajstić information content (AvgIpc) is 2.37. The van der Waals surface area contributed by atoms with E-state index in [2.05, 4.69) is 36.2 Å². The minimum Gasteiger partial charge on any atom is -0.396 e. The van der Waals surface area contributed by atoms with Crippen molar-refractivity contribution in [1.29, 1.82) is 0 Å². The van der Waals surface area contributed by atoms with E-state index in [0.29, 0.717) is 5.92 Å². The van der Waals surface area contributed by atoms with Crippen molar-refractivity contribution in [1.82, 2.24) is 4.98 Å². The highest BCUT2D eigenvalue weighted by atomic mass is 16.2. The summed E-state index contributed by atoms with van der Waals surface area (Å²) in [5.74, 6) is 0.592. The largest absolute Gasteiger partial charge is 0.396 e. The molecule has 0 spiro atoms. The Morgan fingerprint density at radius 3 is 2.88 bits per heavy atom. The molecule has 1 atom stereocenters. The first-order valence-corrected chi connectivity index (χ1v) is 6.24. The van der Waals surface area contributed by atoms with Crippen molar-refractivity contribution in [2.75, 3.05) is 6.61 Å². The van der Waals surface area contributed by atoms with Crippen molar-refractivity contribution in [3.05, 3.63) is 42.1 Å². The number of fused-ring (bicyclic) bond motifs is 1. The lowest BCUT2D eigenvalue weighted by Gasteiger charge is -2.12. The fraction of sp³-hybridized carbons (Fsp3) is 0.400. The van der Waals surface area contributed by atoms with Gasteiger partial charge in [0.25, 0.3) is 0 Å². The van der Waals surface area contributed by atoms with Gasteiger partial charge in [-0.1, -0.05) is 31.2 Å². The van der Waals surface area contributed by atoms with Crippen molar-refractivity contribution in [2.24, 2.45) is 5.92 Å². The topological polar surface area (TPSA) is 33.1 Å². The summed E-state index contributed by atoms with van der Waals surface area (Å²) < 4.78 is 0. The highest BCUT2D eigenvalue weighted by Crippen LogP contribution is 2.20. The highest BCUT2D eigenvalue weighted by Gasteiger charge is 2.07. The van der Waals surface area contributed by atoms with E-state index in [0.717, 1.165) is 24.8 Å². The molecule has 0 fully saturated rings. The Morgan fingerprint density at radius 2 is 2.06 bits per heavy atom. The molecule has 0 saturated heterocycles. The summed E-state index contributed by atoms with van der Waals surface area (Å²) in [4.78, 5) is 4.47. The lowest BCUT2D eigenvalue weighted by Crippen LogP contribution is -2.02. The number of hydrogen-bond donors (Lipinski definition) is 1. The van der Waals surface area contributed by atoms with Gasteiger partial charge in [0.2, 0.25) is 0 Å². The summed E-state index contributed by atoms with van der Waals surface area (Å²) in [6.45, 7) is 2.52. The molecule has 2 aromatic rings. The summed E-state index contributed by atoms with van der Waals surface area (Å²) in [7, 11) is 0. The molecule has 1 unspecified atom stereocenters. The van der Waals surface area contributed by atoms with Gasteiger partial charge < -0.3 is 5.11 Å². The maximum absolute atomic E-state index is 8.84. The fourth-order valence-electron chi connectivity index (χ4n) is 2.25. The van der Waals surface area contributed by atoms with Crippen LogP contribution in [0.3, 0.4) is 0 Å². The summed E-state index contributed by atoms with van der Waals surface area (Å²) >= 11 is 0. The van der Waals surface area contributed by atoms with Crippen molar-refractivity contribution in [2.45, 2.75) is 26.2 Å². The molecule has 0 saturated carbocycles. The maximum atomic E-state index is 8.84. The summed E-state index contributed by atoms with van der Waals surface area (Å²) in [6.07, 6.45) is 4.84. The number of hydrogen-bond acceptors (Lipinski definition) is 2. The van der Waals surface area contributed by atoms with Crippen LogP contribution in [0, 0.1) is 5.92 Å². The molecule has 2 rings (SSSR count). The highest BCUT2D eigenvalue weighted by molar-refractivity contribution is 5.81. The van der Waals surface area contributed by atoms with Gasteiger partial charge in [-0.05, 0) is 36.8 Å². The lowest BCUT2D eigenvalue weighted by molar-refractivity contribution is 0.273. The quantitative estimate of drug-likeness (QED) is 0.854. The smallest absolute Gasteiger partial charge is 0.0733 e. The van der Waals surface area contributed by atoms with Crippen molar-refractivity contribution >= 4 is 10.9 Å². The number of pyridine rings is 1. The molecule has 90 valence electrons. The van der Waals surface area contributed by atoms with Crippen LogP contribution in [-0.2, 0) is 6.42 Å². The third kappa shape index (κ3) is 3.04. The van der Waals surface area contributed by atoms with E-state index in [1.54, 1.807) is 0 Å². The van der Waals surface area contributed by atoms with Crippen molar-refractivity contribution < 1.29 is 5.11 Å². The standard InChI is InChI=1S/C15H19NO/c1-12(5-4-10-17)11-14-7-2-6-13-8-3-9-16-15(13)14/h2-3,6-9,12,17H,4-5,10-11H2,1H3. The van der Waals surface area contributed by atoms with Crippen LogP contribution in [0.4, 0.5) is 0 Å². The zero-order valence-corrected chi connectivity index (χ0v) is 10.3. The normalized spacial score (nSPS) is 12.8. The Labute approximate surface area is 102 Å². The maximum Gasteiger partial charge on any atom is 0.0733 e. The van der Waals surface area contributed by atoms with Crippen LogP contribution in [-0.4, -0.2) is 16.7 Å². The minimum atomic E-state index is 0.290. The van der Waals surface area contributed by atoms with E-state index < -0.39 is 0 Å². The van der Waals surface area contributed by atoms with Crippen LogP contribution in [0.15, 0.2) is 36.5 Å². The Bertz CT molecular complexity index is 476. The van der Waals surface area contributed by atoms with E-state index in [1.165, 1.54) is 10.9 Å². The van der Waals surface area contributed by atoms with E-state index >= 15 is 0 Å². The number of nitrogens with zero attached hydrogens (tertiary/aromatic N) is 1. The third-order valence-corrected chi connectivity index (χ3v) is 3.14. The van der Waals surface area contributed by atoms with Crippen LogP contribution < -0.4 is 0 Å². The number of benzene rings is 1. The molecule has 1 heterocycles. The number of para-hydroxylation sites is 1. The van der Waals surface area contributed by atoms with Crippen LogP contribution >= 0.6 is 0 Å². The number of rotatable bonds is 5. The first-order valence-electron chi connectivity index (χ1n) is 6.24. The van der Waals surface area contributed by atoms with E-state index in [1.807, 2.05) is 12.3 Å². The zero-order valence-electron chi connectivity index (χ0n) is 10.3. The van der Waals surface area contributed by atoms with E-state index in [-0.39, 0.29) is 6.61 Å². The predicted octanol–water partition coefficient (Wildman–Crippen LogP) is 3.19. The minimum absolute atomic E-state index is 0.290. The second kappa shape index (κ2) is 5.78. The van der Waals surface area contributed by atoms with Crippen LogP contribution in [0.5, 0.6) is 0 Å². The predicted molar refractivity (Wildman–Crippen MR) is 70.9 cm³/mol. The Balaban J connectivity index is 2.18. The number of aliphatic hydroxyl groups excluding tert-OH is 1. The van der Waals surface area contributed by atoms with Gasteiger partial charge in [-0.25, -0.2) is 0 Å². The second-order valence-electron chi connectivity index (χ2n) is 4.67. The van der Waals surface area contributed by atoms with Gasteiger partial charge in [-0.2, -0.15) is 0 Å². The van der Waals surface area contributed by atoms with Gasteiger partial charge in [0, 0.05) is 18.2 Å². The molecule has 0 aliphatic carbocycles. The van der Waals surface area contributed by atoms with E-state index in [9.17, 15) is 0 Å². The molecule has 0 aliphatic heterocycles. The van der Waals surface area contributed by atoms with E-state index in [4.69, 9.17) is 5.11 Å². The van der Waals surface area contributed by atoms with Crippen molar-refractivity contribution in [3.8, 4) is 0 Å². The van der Waals surface area contributed by atoms with Gasteiger partial charge in [-0.15, -0.1) is 0 Å². The molecule has 2 heteroatoms. The molecule has 1 aromatic carbocycles. The van der Waals surface area contributed by atoms with Gasteiger partial charge in [0.05, 0.1) is 5.52 Å². The van der Waals surface area contributed by atoms with Crippen LogP contribution in [0.25, 0.3) is 10.9 Å². The van der Waals surface area contributed by atoms with Crippen LogP contribution in [0.2, 0.25) is 0 Å². The van der Waals surface area contributed by atoms with Gasteiger partial charge in [-0.3, -0.25) is 4.98 Å². The molecule has 0 radical (unpaired) electrons. The zero-order chi connectivity index (χ0) is 12.1. The molecule has 1 N–H and O–H groups in total. The molecule has 0 aliphatic rings. The Morgan fingerprint density at radius 1 is 1.24 bits per heavy atom. The van der Waals surface area contributed by atoms with Gasteiger partial charge >= 0.3 is 0 Å². The lowest BCUT2D eigenvalue weighted by atomic mass is 9.95. The van der Waals surface area contributed by atoms with Gasteiger partial charge in [0.1, 0.15) is 0 Å². The Hall–Kier alpha value is -1.41. The third-order valence-electron chi connectivity index (χ3n) is 3.14. The monoisotopic (exact) mass is 229 g/mol. The van der Waals surface area contributed by atoms with Crippen molar-refractivity contribution in [3.63, 3.8) is 0 Å². The molecule has 0 amide bonds. The molecule has 17 heavy (non-hydrogen) atoms. The Kier molecular flexibility index (Phi) is 4.10. The average molecular weight is 229 g/mol. The second-order valence-corrected chi connectivity index (χ2v) is 4.67. The number of aliphatic hydroxyl groups is 1. The molecule has 1 aromatic heterocycles. The molecular formula is C15H19NO. The molecule has 0 bridgehead atoms. The van der Waals surface area contributed by atoms with Crippen LogP contribution in [0.1, 0.15) is 25.3 Å². The molecule has 2 nitrogen and oxygen atoms in total. The summed E-state index contributed by atoms with van der Waals surface area (Å²) in [5, 5.41) is 10.0. The first-order chi connectivity index (χ1) is 8.31.